The van der Waals surface area contributed by atoms with Crippen LogP contribution in [0.1, 0.15) is 23.7 Å². The fourth-order valence-electron chi connectivity index (χ4n) is 2.31. The van der Waals surface area contributed by atoms with Gasteiger partial charge in [-0.1, -0.05) is 17.7 Å². The number of ether oxygens (including phenoxy) is 1. The van der Waals surface area contributed by atoms with E-state index in [2.05, 4.69) is 25.3 Å². The number of guanidine groups is 1. The van der Waals surface area contributed by atoms with Crippen molar-refractivity contribution in [3.63, 3.8) is 0 Å². The minimum absolute atomic E-state index is 0. The molecule has 0 aliphatic heterocycles. The number of nitrogens with zero attached hydrogens (tertiary/aromatic N) is 3. The lowest BCUT2D eigenvalue weighted by Gasteiger charge is -2.13. The molecule has 6 nitrogen and oxygen atoms in total. The maximum Gasteiger partial charge on any atom is 0.387 e. The third-order valence-corrected chi connectivity index (χ3v) is 4.60. The standard InChI is InChI=1S/C18H25F2N5OS.HI/c1-5-21-17(23-10-14-11-27-18(24-14)25(3)4)22-9-13-8-12(2)6-7-15(13)26-16(19)20;/h6-8,11,16H,5,9-10H2,1-4H3,(H2,21,22,23);1H. The highest BCUT2D eigenvalue weighted by atomic mass is 127. The Morgan fingerprint density at radius 2 is 2.07 bits per heavy atom. The molecule has 1 aromatic carbocycles. The van der Waals surface area contributed by atoms with E-state index in [0.717, 1.165) is 16.4 Å². The third kappa shape index (κ3) is 7.74. The summed E-state index contributed by atoms with van der Waals surface area (Å²) in [5, 5.41) is 9.27. The number of aliphatic imine (C=N–C) groups is 1. The van der Waals surface area contributed by atoms with E-state index in [1.165, 1.54) is 0 Å². The van der Waals surface area contributed by atoms with E-state index >= 15 is 0 Å². The SMILES string of the molecule is CCNC(=NCc1cc(C)ccc1OC(F)F)NCc1csc(N(C)C)n1.I. The molecule has 0 fully saturated rings. The number of thiazole rings is 1. The number of anilines is 1. The highest BCUT2D eigenvalue weighted by Gasteiger charge is 2.10. The predicted octanol–water partition coefficient (Wildman–Crippen LogP) is 3.99. The van der Waals surface area contributed by atoms with E-state index in [4.69, 9.17) is 0 Å². The second kappa shape index (κ2) is 12.0. The fourth-order valence-corrected chi connectivity index (χ4v) is 3.06. The van der Waals surface area contributed by atoms with E-state index in [0.29, 0.717) is 24.6 Å². The van der Waals surface area contributed by atoms with Crippen molar-refractivity contribution in [1.29, 1.82) is 0 Å². The first-order valence-corrected chi connectivity index (χ1v) is 9.45. The molecular formula is C18H26F2IN5OS. The lowest BCUT2D eigenvalue weighted by molar-refractivity contribution is -0.0504. The summed E-state index contributed by atoms with van der Waals surface area (Å²) >= 11 is 1.57. The number of alkyl halides is 2. The number of hydrogen-bond donors (Lipinski definition) is 2. The zero-order valence-corrected chi connectivity index (χ0v) is 19.5. The number of rotatable bonds is 8. The van der Waals surface area contributed by atoms with Crippen molar-refractivity contribution in [3.8, 4) is 5.75 Å². The van der Waals surface area contributed by atoms with Crippen LogP contribution >= 0.6 is 35.3 Å². The van der Waals surface area contributed by atoms with Crippen LogP contribution < -0.4 is 20.3 Å². The fraction of sp³-hybridized carbons (Fsp3) is 0.444. The van der Waals surface area contributed by atoms with Crippen LogP contribution in [0.4, 0.5) is 13.9 Å². The van der Waals surface area contributed by atoms with Gasteiger partial charge in [0.05, 0.1) is 18.8 Å². The molecule has 0 spiro atoms. The quantitative estimate of drug-likeness (QED) is 0.310. The lowest BCUT2D eigenvalue weighted by Crippen LogP contribution is -2.36. The topological polar surface area (TPSA) is 61.8 Å². The van der Waals surface area contributed by atoms with Crippen molar-refractivity contribution in [2.75, 3.05) is 25.5 Å². The van der Waals surface area contributed by atoms with E-state index < -0.39 is 6.61 Å². The smallest absolute Gasteiger partial charge is 0.387 e. The van der Waals surface area contributed by atoms with Crippen molar-refractivity contribution in [2.24, 2.45) is 4.99 Å². The molecule has 0 aliphatic rings. The summed E-state index contributed by atoms with van der Waals surface area (Å²) in [6, 6.07) is 5.08. The van der Waals surface area contributed by atoms with Gasteiger partial charge in [-0.2, -0.15) is 8.78 Å². The van der Waals surface area contributed by atoms with Gasteiger partial charge in [-0.25, -0.2) is 9.98 Å². The van der Waals surface area contributed by atoms with Gasteiger partial charge >= 0.3 is 6.61 Å². The van der Waals surface area contributed by atoms with Gasteiger partial charge in [-0.3, -0.25) is 0 Å². The third-order valence-electron chi connectivity index (χ3n) is 3.54. The van der Waals surface area contributed by atoms with Crippen LogP contribution in [-0.4, -0.2) is 38.2 Å². The molecule has 1 heterocycles. The summed E-state index contributed by atoms with van der Waals surface area (Å²) in [6.45, 7) is 2.41. The molecule has 0 aliphatic carbocycles. The number of nitrogens with one attached hydrogen (secondary N) is 2. The van der Waals surface area contributed by atoms with Gasteiger partial charge in [0.15, 0.2) is 11.1 Å². The molecular weight excluding hydrogens is 499 g/mol. The molecule has 2 N–H and O–H groups in total. The van der Waals surface area contributed by atoms with Gasteiger partial charge < -0.3 is 20.3 Å². The van der Waals surface area contributed by atoms with Gasteiger partial charge in [0.2, 0.25) is 0 Å². The first-order chi connectivity index (χ1) is 12.9. The molecule has 10 heteroatoms. The Hall–Kier alpha value is -1.69. The molecule has 0 radical (unpaired) electrons. The van der Waals surface area contributed by atoms with E-state index in [9.17, 15) is 8.78 Å². The zero-order valence-electron chi connectivity index (χ0n) is 16.3. The second-order valence-electron chi connectivity index (χ2n) is 6.05. The van der Waals surface area contributed by atoms with Gasteiger partial charge in [-0.15, -0.1) is 35.3 Å². The van der Waals surface area contributed by atoms with Gasteiger partial charge in [0, 0.05) is 31.6 Å². The number of hydrogen-bond acceptors (Lipinski definition) is 5. The minimum atomic E-state index is -2.86. The van der Waals surface area contributed by atoms with Crippen LogP contribution in [0.5, 0.6) is 5.75 Å². The van der Waals surface area contributed by atoms with Crippen LogP contribution in [0.3, 0.4) is 0 Å². The Labute approximate surface area is 185 Å². The molecule has 28 heavy (non-hydrogen) atoms. The molecule has 1 aromatic heterocycles. The molecule has 0 atom stereocenters. The maximum atomic E-state index is 12.6. The Morgan fingerprint density at radius 1 is 1.32 bits per heavy atom. The predicted molar refractivity (Wildman–Crippen MR) is 121 cm³/mol. The summed E-state index contributed by atoms with van der Waals surface area (Å²) < 4.78 is 29.8. The Balaban J connectivity index is 0.00000392. The number of aromatic nitrogens is 1. The molecule has 2 rings (SSSR count). The molecule has 0 saturated heterocycles. The van der Waals surface area contributed by atoms with Gasteiger partial charge in [0.1, 0.15) is 5.75 Å². The van der Waals surface area contributed by atoms with Crippen LogP contribution in [0.15, 0.2) is 28.6 Å². The Kier molecular flexibility index (Phi) is 10.4. The first-order valence-electron chi connectivity index (χ1n) is 8.57. The van der Waals surface area contributed by atoms with Gasteiger partial charge in [-0.05, 0) is 19.9 Å². The molecule has 0 unspecified atom stereocenters. The Bertz CT molecular complexity index is 770. The summed E-state index contributed by atoms with van der Waals surface area (Å²) in [6.07, 6.45) is 0. The summed E-state index contributed by atoms with van der Waals surface area (Å²) in [4.78, 5) is 11.0. The Morgan fingerprint density at radius 3 is 2.68 bits per heavy atom. The zero-order chi connectivity index (χ0) is 19.8. The van der Waals surface area contributed by atoms with Crippen LogP contribution in [0.2, 0.25) is 0 Å². The van der Waals surface area contributed by atoms with Crippen molar-refractivity contribution >= 4 is 46.4 Å². The largest absolute Gasteiger partial charge is 0.434 e. The van der Waals surface area contributed by atoms with Crippen molar-refractivity contribution in [3.05, 3.63) is 40.4 Å². The van der Waals surface area contributed by atoms with Crippen molar-refractivity contribution in [1.82, 2.24) is 15.6 Å². The normalized spacial score (nSPS) is 11.2. The van der Waals surface area contributed by atoms with Crippen molar-refractivity contribution < 1.29 is 13.5 Å². The summed E-state index contributed by atoms with van der Waals surface area (Å²) in [5.74, 6) is 0.728. The number of aryl methyl sites for hydroxylation is 1. The highest BCUT2D eigenvalue weighted by Crippen LogP contribution is 2.23. The lowest BCUT2D eigenvalue weighted by atomic mass is 10.1. The second-order valence-corrected chi connectivity index (χ2v) is 6.89. The molecule has 0 amide bonds. The molecule has 156 valence electrons. The average molecular weight is 525 g/mol. The maximum absolute atomic E-state index is 12.6. The number of benzene rings is 1. The number of halogens is 3. The van der Waals surface area contributed by atoms with E-state index in [1.54, 1.807) is 29.5 Å². The highest BCUT2D eigenvalue weighted by molar-refractivity contribution is 14.0. The molecule has 0 saturated carbocycles. The summed E-state index contributed by atoms with van der Waals surface area (Å²) in [7, 11) is 3.89. The minimum Gasteiger partial charge on any atom is -0.434 e. The van der Waals surface area contributed by atoms with E-state index in [-0.39, 0.29) is 36.3 Å². The summed E-state index contributed by atoms with van der Waals surface area (Å²) in [5.41, 5.74) is 2.47. The van der Waals surface area contributed by atoms with Crippen LogP contribution in [0.25, 0.3) is 0 Å². The van der Waals surface area contributed by atoms with Crippen LogP contribution in [-0.2, 0) is 13.1 Å². The van der Waals surface area contributed by atoms with Gasteiger partial charge in [0.25, 0.3) is 0 Å². The first kappa shape index (κ1) is 24.3. The monoisotopic (exact) mass is 525 g/mol. The molecule has 2 aromatic rings. The molecule has 0 bridgehead atoms. The average Bonchev–Trinajstić information content (AvgIpc) is 3.08. The van der Waals surface area contributed by atoms with Crippen LogP contribution in [0, 0.1) is 6.92 Å². The van der Waals surface area contributed by atoms with E-state index in [1.807, 2.05) is 38.2 Å². The van der Waals surface area contributed by atoms with Crippen molar-refractivity contribution in [2.45, 2.75) is 33.5 Å².